The molecule has 0 saturated carbocycles. The fourth-order valence-electron chi connectivity index (χ4n) is 1.58. The van der Waals surface area contributed by atoms with Crippen LogP contribution in [-0.4, -0.2) is 27.0 Å². The molecule has 0 N–H and O–H groups in total. The first kappa shape index (κ1) is 20.9. The molecule has 0 amide bonds. The molecule has 0 rings (SSSR count). The average molecular weight is 325 g/mol. The smallest absolute Gasteiger partial charge is 0.309 e. The van der Waals surface area contributed by atoms with Crippen molar-refractivity contribution in [3.05, 3.63) is 12.2 Å². The summed E-state index contributed by atoms with van der Waals surface area (Å²) in [6.45, 7) is 15.6. The van der Waals surface area contributed by atoms with Crippen LogP contribution in [0.5, 0.6) is 0 Å². The zero-order chi connectivity index (χ0) is 17.2. The van der Waals surface area contributed by atoms with E-state index in [4.69, 9.17) is 9.16 Å². The minimum Gasteiger partial charge on any atom is -0.466 e. The lowest BCUT2D eigenvalue weighted by Gasteiger charge is -2.38. The van der Waals surface area contributed by atoms with Crippen LogP contribution < -0.4 is 0 Å². The molecule has 0 aromatic heterocycles. The number of allylic oxidation sites excluding steroid dienone is 1. The summed E-state index contributed by atoms with van der Waals surface area (Å²) in [7, 11) is -1.68. The van der Waals surface area contributed by atoms with Crippen LogP contribution in [-0.2, 0) is 14.0 Å². The Bertz CT molecular complexity index is 422. The quantitative estimate of drug-likeness (QED) is 0.387. The van der Waals surface area contributed by atoms with Crippen molar-refractivity contribution in [3.8, 4) is 11.8 Å². The zero-order valence-electron chi connectivity index (χ0n) is 15.3. The van der Waals surface area contributed by atoms with Crippen LogP contribution in [0.1, 0.15) is 53.9 Å². The Balaban J connectivity index is 4.05. The Morgan fingerprint density at radius 2 is 1.95 bits per heavy atom. The molecule has 0 fully saturated rings. The van der Waals surface area contributed by atoms with Crippen molar-refractivity contribution in [3.63, 3.8) is 0 Å². The second kappa shape index (κ2) is 9.86. The summed E-state index contributed by atoms with van der Waals surface area (Å²) in [5, 5.41) is 0.239. The zero-order valence-corrected chi connectivity index (χ0v) is 16.3. The van der Waals surface area contributed by atoms with Gasteiger partial charge in [-0.1, -0.05) is 38.7 Å². The topological polar surface area (TPSA) is 35.5 Å². The van der Waals surface area contributed by atoms with Crippen molar-refractivity contribution in [2.24, 2.45) is 0 Å². The van der Waals surface area contributed by atoms with Gasteiger partial charge < -0.3 is 9.16 Å². The molecule has 0 heterocycles. The van der Waals surface area contributed by atoms with Crippen LogP contribution in [0.4, 0.5) is 0 Å². The third-order valence-electron chi connectivity index (χ3n) is 3.87. The molecule has 0 bridgehead atoms. The van der Waals surface area contributed by atoms with Crippen LogP contribution in [0, 0.1) is 11.8 Å². The molecule has 1 atom stereocenters. The summed E-state index contributed by atoms with van der Waals surface area (Å²) in [5.41, 5.74) is 0. The lowest BCUT2D eigenvalue weighted by molar-refractivity contribution is -0.142. The van der Waals surface area contributed by atoms with Crippen LogP contribution in [0.3, 0.4) is 0 Å². The Morgan fingerprint density at radius 1 is 1.32 bits per heavy atom. The largest absolute Gasteiger partial charge is 0.466 e. The molecule has 0 aliphatic carbocycles. The van der Waals surface area contributed by atoms with E-state index in [1.54, 1.807) is 19.1 Å². The second-order valence-corrected chi connectivity index (χ2v) is 11.7. The van der Waals surface area contributed by atoms with E-state index in [2.05, 4.69) is 52.6 Å². The highest BCUT2D eigenvalue weighted by Gasteiger charge is 2.38. The molecule has 0 aliphatic heterocycles. The molecule has 0 saturated heterocycles. The van der Waals surface area contributed by atoms with Gasteiger partial charge in [-0.3, -0.25) is 4.79 Å². The van der Waals surface area contributed by atoms with Crippen LogP contribution in [0.15, 0.2) is 12.2 Å². The van der Waals surface area contributed by atoms with Gasteiger partial charge in [-0.15, -0.1) is 0 Å². The summed E-state index contributed by atoms with van der Waals surface area (Å²) < 4.78 is 11.1. The van der Waals surface area contributed by atoms with Crippen LogP contribution >= 0.6 is 0 Å². The van der Waals surface area contributed by atoms with Gasteiger partial charge in [0, 0.05) is 12.5 Å². The molecule has 0 aromatic carbocycles. The van der Waals surface area contributed by atoms with Gasteiger partial charge in [0.2, 0.25) is 0 Å². The van der Waals surface area contributed by atoms with Crippen LogP contribution in [0.2, 0.25) is 18.1 Å². The maximum atomic E-state index is 11.1. The third kappa shape index (κ3) is 9.06. The number of rotatable bonds is 7. The minimum atomic E-state index is -1.68. The minimum absolute atomic E-state index is 0.211. The Hall–Kier alpha value is -1.05. The predicted octanol–water partition coefficient (Wildman–Crippen LogP) is 4.69. The first-order valence-corrected chi connectivity index (χ1v) is 11.0. The maximum Gasteiger partial charge on any atom is 0.309 e. The molecule has 126 valence electrons. The monoisotopic (exact) mass is 324 g/mol. The average Bonchev–Trinajstić information content (AvgIpc) is 2.36. The first-order chi connectivity index (χ1) is 10.1. The molecule has 0 aromatic rings. The SMILES string of the molecule is CCOC(=O)C/C=C/C#CCC[C@H](C)O[Si](C)(C)C(C)(C)C. The highest BCUT2D eigenvalue weighted by molar-refractivity contribution is 6.74. The molecule has 0 unspecified atom stereocenters. The van der Waals surface area contributed by atoms with Gasteiger partial charge in [0.25, 0.3) is 0 Å². The Morgan fingerprint density at radius 3 is 2.50 bits per heavy atom. The van der Waals surface area contributed by atoms with Gasteiger partial charge in [-0.2, -0.15) is 0 Å². The molecular weight excluding hydrogens is 292 g/mol. The highest BCUT2D eigenvalue weighted by atomic mass is 28.4. The Labute approximate surface area is 137 Å². The lowest BCUT2D eigenvalue weighted by Crippen LogP contribution is -2.43. The van der Waals surface area contributed by atoms with E-state index in [0.717, 1.165) is 12.8 Å². The summed E-state index contributed by atoms with van der Waals surface area (Å²) >= 11 is 0. The van der Waals surface area contributed by atoms with E-state index in [0.29, 0.717) is 6.61 Å². The Kier molecular flexibility index (Phi) is 9.39. The molecule has 22 heavy (non-hydrogen) atoms. The molecule has 3 nitrogen and oxygen atoms in total. The fourth-order valence-corrected chi connectivity index (χ4v) is 3.06. The van der Waals surface area contributed by atoms with E-state index in [-0.39, 0.29) is 23.5 Å². The van der Waals surface area contributed by atoms with E-state index in [9.17, 15) is 4.79 Å². The van der Waals surface area contributed by atoms with Crippen LogP contribution in [0.25, 0.3) is 0 Å². The molecule has 0 spiro atoms. The van der Waals surface area contributed by atoms with Gasteiger partial charge in [0.15, 0.2) is 8.32 Å². The second-order valence-electron chi connectivity index (χ2n) is 6.96. The van der Waals surface area contributed by atoms with Gasteiger partial charge in [-0.25, -0.2) is 0 Å². The highest BCUT2D eigenvalue weighted by Crippen LogP contribution is 2.37. The fraction of sp³-hybridized carbons (Fsp3) is 0.722. The van der Waals surface area contributed by atoms with Crippen molar-refractivity contribution in [1.82, 2.24) is 0 Å². The summed E-state index contributed by atoms with van der Waals surface area (Å²) in [6, 6.07) is 0. The number of ether oxygens (including phenoxy) is 1. The number of esters is 1. The van der Waals surface area contributed by atoms with E-state index in [1.807, 2.05) is 0 Å². The van der Waals surface area contributed by atoms with Gasteiger partial charge in [-0.05, 0) is 44.5 Å². The van der Waals surface area contributed by atoms with Crippen molar-refractivity contribution < 1.29 is 14.0 Å². The van der Waals surface area contributed by atoms with Gasteiger partial charge in [0.05, 0.1) is 13.0 Å². The number of hydrogen-bond acceptors (Lipinski definition) is 3. The molecule has 0 radical (unpaired) electrons. The molecular formula is C18H32O3Si. The van der Waals surface area contributed by atoms with E-state index in [1.165, 1.54) is 0 Å². The predicted molar refractivity (Wildman–Crippen MR) is 95.1 cm³/mol. The first-order valence-electron chi connectivity index (χ1n) is 8.07. The summed E-state index contributed by atoms with van der Waals surface area (Å²) in [6.07, 6.45) is 5.72. The summed E-state index contributed by atoms with van der Waals surface area (Å²) in [4.78, 5) is 11.1. The lowest BCUT2D eigenvalue weighted by atomic mass is 10.2. The van der Waals surface area contributed by atoms with Crippen molar-refractivity contribution in [2.75, 3.05) is 6.61 Å². The molecule has 0 aliphatic rings. The number of carbonyl (C=O) groups is 1. The van der Waals surface area contributed by atoms with Crippen molar-refractivity contribution in [2.45, 2.75) is 78.1 Å². The van der Waals surface area contributed by atoms with E-state index >= 15 is 0 Å². The standard InChI is InChI=1S/C18H32O3Si/c1-8-20-17(19)15-13-11-9-10-12-14-16(2)21-22(6,7)18(3,4)5/h11,13,16H,8,12,14-15H2,1-7H3/b13-11+/t16-/m0/s1. The van der Waals surface area contributed by atoms with Gasteiger partial charge in [0.1, 0.15) is 0 Å². The normalized spacial score (nSPS) is 13.6. The molecule has 4 heteroatoms. The maximum absolute atomic E-state index is 11.1. The van der Waals surface area contributed by atoms with E-state index < -0.39 is 8.32 Å². The summed E-state index contributed by atoms with van der Waals surface area (Å²) in [5.74, 6) is 5.83. The third-order valence-corrected chi connectivity index (χ3v) is 8.47. The van der Waals surface area contributed by atoms with Crippen molar-refractivity contribution in [1.29, 1.82) is 0 Å². The van der Waals surface area contributed by atoms with Crippen molar-refractivity contribution >= 4 is 14.3 Å². The van der Waals surface area contributed by atoms with Gasteiger partial charge >= 0.3 is 5.97 Å². The number of hydrogen-bond donors (Lipinski definition) is 0. The number of carbonyl (C=O) groups excluding carboxylic acids is 1.